The Hall–Kier alpha value is -0.850. The number of hydrogen-bond acceptors (Lipinski definition) is 3. The fourth-order valence-corrected chi connectivity index (χ4v) is 2.36. The second-order valence-corrected chi connectivity index (χ2v) is 5.56. The molecule has 1 heterocycles. The van der Waals surface area contributed by atoms with E-state index in [0.717, 1.165) is 12.8 Å². The van der Waals surface area contributed by atoms with E-state index < -0.39 is 10.0 Å². The Morgan fingerprint density at radius 3 is 2.73 bits per heavy atom. The molecule has 0 unspecified atom stereocenters. The van der Waals surface area contributed by atoms with Crippen LogP contribution in [0, 0.1) is 0 Å². The quantitative estimate of drug-likeness (QED) is 0.777. The lowest BCUT2D eigenvalue weighted by Gasteiger charge is -2.03. The van der Waals surface area contributed by atoms with Crippen molar-refractivity contribution < 1.29 is 13.5 Å². The van der Waals surface area contributed by atoms with Gasteiger partial charge in [-0.15, -0.1) is 0 Å². The Morgan fingerprint density at radius 1 is 1.60 bits per heavy atom. The first kappa shape index (κ1) is 10.7. The summed E-state index contributed by atoms with van der Waals surface area (Å²) in [4.78, 5) is 0.223. The lowest BCUT2D eigenvalue weighted by Crippen LogP contribution is -2.17. The van der Waals surface area contributed by atoms with Crippen molar-refractivity contribution in [3.8, 4) is 0 Å². The van der Waals surface area contributed by atoms with Crippen LogP contribution in [0.3, 0.4) is 0 Å². The number of aliphatic hydroxyl groups excluding tert-OH is 1. The van der Waals surface area contributed by atoms with Crippen LogP contribution in [0.5, 0.6) is 0 Å². The van der Waals surface area contributed by atoms with Gasteiger partial charge < -0.3 is 9.67 Å². The molecule has 0 spiro atoms. The van der Waals surface area contributed by atoms with Gasteiger partial charge in [0.05, 0.1) is 11.5 Å². The molecule has 0 saturated heterocycles. The number of hydrogen-bond donors (Lipinski definition) is 2. The Morgan fingerprint density at radius 2 is 2.27 bits per heavy atom. The highest BCUT2D eigenvalue weighted by Crippen LogP contribution is 2.37. The molecule has 0 radical (unpaired) electrons. The van der Waals surface area contributed by atoms with Crippen LogP contribution in [0.25, 0.3) is 0 Å². The first-order valence-corrected chi connectivity index (χ1v) is 6.32. The van der Waals surface area contributed by atoms with E-state index in [1.54, 1.807) is 6.20 Å². The number of nitrogens with zero attached hydrogens (tertiary/aromatic N) is 1. The first-order valence-electron chi connectivity index (χ1n) is 4.83. The molecule has 1 aliphatic rings. The number of rotatable bonds is 4. The molecule has 6 heteroatoms. The van der Waals surface area contributed by atoms with Crippen LogP contribution in [0.1, 0.15) is 24.6 Å². The third-order valence-electron chi connectivity index (χ3n) is 2.59. The highest BCUT2D eigenvalue weighted by Gasteiger charge is 2.27. The summed E-state index contributed by atoms with van der Waals surface area (Å²) < 4.78 is 27.1. The molecule has 1 aliphatic carbocycles. The van der Waals surface area contributed by atoms with Crippen LogP contribution in [0.4, 0.5) is 0 Å². The minimum atomic E-state index is -3.40. The summed E-state index contributed by atoms with van der Waals surface area (Å²) >= 11 is 0. The summed E-state index contributed by atoms with van der Waals surface area (Å²) in [5.41, 5.74) is 0.659. The standard InChI is InChI=1S/C9H14N2O3S/c1-10-15(13,14)9-4-8(6-12)11(5-9)7-2-3-7/h4-5,7,10,12H,2-3,6H2,1H3. The van der Waals surface area contributed by atoms with Crippen molar-refractivity contribution >= 4 is 10.0 Å². The van der Waals surface area contributed by atoms with Crippen molar-refractivity contribution in [2.75, 3.05) is 7.05 Å². The zero-order valence-electron chi connectivity index (χ0n) is 8.47. The summed E-state index contributed by atoms with van der Waals surface area (Å²) in [7, 11) is -2.02. The average molecular weight is 230 g/mol. The first-order chi connectivity index (χ1) is 7.08. The van der Waals surface area contributed by atoms with Gasteiger partial charge >= 0.3 is 0 Å². The molecule has 0 atom stereocenters. The monoisotopic (exact) mass is 230 g/mol. The molecular formula is C9H14N2O3S. The van der Waals surface area contributed by atoms with Gasteiger partial charge in [0.2, 0.25) is 10.0 Å². The van der Waals surface area contributed by atoms with Gasteiger partial charge in [0.25, 0.3) is 0 Å². The molecule has 2 N–H and O–H groups in total. The van der Waals surface area contributed by atoms with Crippen LogP contribution in [-0.2, 0) is 16.6 Å². The summed E-state index contributed by atoms with van der Waals surface area (Å²) in [5, 5.41) is 9.11. The topological polar surface area (TPSA) is 71.3 Å². The maximum absolute atomic E-state index is 11.5. The van der Waals surface area contributed by atoms with Gasteiger partial charge in [0.15, 0.2) is 0 Å². The number of aromatic nitrogens is 1. The highest BCUT2D eigenvalue weighted by molar-refractivity contribution is 7.89. The van der Waals surface area contributed by atoms with Gasteiger partial charge in [-0.2, -0.15) is 0 Å². The molecule has 2 rings (SSSR count). The molecular weight excluding hydrogens is 216 g/mol. The summed E-state index contributed by atoms with van der Waals surface area (Å²) in [6.45, 7) is -0.129. The molecule has 1 aromatic heterocycles. The molecule has 5 nitrogen and oxygen atoms in total. The fraction of sp³-hybridized carbons (Fsp3) is 0.556. The van der Waals surface area contributed by atoms with Crippen molar-refractivity contribution in [3.63, 3.8) is 0 Å². The SMILES string of the molecule is CNS(=O)(=O)c1cc(CO)n(C2CC2)c1. The van der Waals surface area contributed by atoms with Gasteiger partial charge in [-0.25, -0.2) is 13.1 Å². The largest absolute Gasteiger partial charge is 0.390 e. The number of aliphatic hydroxyl groups is 1. The molecule has 0 aromatic carbocycles. The van der Waals surface area contributed by atoms with Gasteiger partial charge in [-0.3, -0.25) is 0 Å². The Bertz CT molecular complexity index is 460. The minimum Gasteiger partial charge on any atom is -0.390 e. The van der Waals surface area contributed by atoms with Gasteiger partial charge in [0.1, 0.15) is 0 Å². The van der Waals surface area contributed by atoms with E-state index in [1.165, 1.54) is 13.1 Å². The highest BCUT2D eigenvalue weighted by atomic mass is 32.2. The van der Waals surface area contributed by atoms with Crippen molar-refractivity contribution in [2.45, 2.75) is 30.4 Å². The van der Waals surface area contributed by atoms with Crippen LogP contribution in [0.15, 0.2) is 17.2 Å². The van der Waals surface area contributed by atoms with Crippen molar-refractivity contribution in [3.05, 3.63) is 18.0 Å². The van der Waals surface area contributed by atoms with Crippen LogP contribution >= 0.6 is 0 Å². The summed E-state index contributed by atoms with van der Waals surface area (Å²) in [5.74, 6) is 0. The predicted octanol–water partition coefficient (Wildman–Crippen LogP) is 0.223. The zero-order valence-corrected chi connectivity index (χ0v) is 9.29. The van der Waals surface area contributed by atoms with E-state index in [0.29, 0.717) is 11.7 Å². The van der Waals surface area contributed by atoms with E-state index in [-0.39, 0.29) is 11.5 Å². The van der Waals surface area contributed by atoms with Gasteiger partial charge in [0, 0.05) is 17.9 Å². The number of nitrogens with one attached hydrogen (secondary N) is 1. The van der Waals surface area contributed by atoms with E-state index >= 15 is 0 Å². The molecule has 0 amide bonds. The van der Waals surface area contributed by atoms with Crippen molar-refractivity contribution in [1.82, 2.24) is 9.29 Å². The normalized spacial score (nSPS) is 16.9. The van der Waals surface area contributed by atoms with E-state index in [4.69, 9.17) is 5.11 Å². The minimum absolute atomic E-state index is 0.129. The van der Waals surface area contributed by atoms with E-state index in [9.17, 15) is 8.42 Å². The Kier molecular flexibility index (Phi) is 2.57. The van der Waals surface area contributed by atoms with E-state index in [1.807, 2.05) is 4.57 Å². The van der Waals surface area contributed by atoms with Crippen LogP contribution < -0.4 is 4.72 Å². The maximum atomic E-state index is 11.5. The Balaban J connectivity index is 2.42. The lowest BCUT2D eigenvalue weighted by atomic mass is 10.4. The maximum Gasteiger partial charge on any atom is 0.241 e. The number of sulfonamides is 1. The molecule has 0 bridgehead atoms. The van der Waals surface area contributed by atoms with Crippen LogP contribution in [0.2, 0.25) is 0 Å². The average Bonchev–Trinajstić information content (AvgIpc) is 2.97. The lowest BCUT2D eigenvalue weighted by molar-refractivity contribution is 0.270. The molecule has 1 aromatic rings. The summed E-state index contributed by atoms with van der Waals surface area (Å²) in [6.07, 6.45) is 3.70. The van der Waals surface area contributed by atoms with Gasteiger partial charge in [-0.05, 0) is 26.0 Å². The molecule has 84 valence electrons. The molecule has 15 heavy (non-hydrogen) atoms. The van der Waals surface area contributed by atoms with Crippen molar-refractivity contribution in [1.29, 1.82) is 0 Å². The third kappa shape index (κ3) is 1.92. The second-order valence-electron chi connectivity index (χ2n) is 3.67. The Labute approximate surface area is 88.8 Å². The molecule has 1 saturated carbocycles. The second kappa shape index (κ2) is 3.62. The fourth-order valence-electron chi connectivity index (χ4n) is 1.58. The smallest absolute Gasteiger partial charge is 0.241 e. The zero-order chi connectivity index (χ0) is 11.1. The third-order valence-corrected chi connectivity index (χ3v) is 3.97. The van der Waals surface area contributed by atoms with Gasteiger partial charge in [-0.1, -0.05) is 0 Å². The molecule has 1 fully saturated rings. The van der Waals surface area contributed by atoms with E-state index in [2.05, 4.69) is 4.72 Å². The van der Waals surface area contributed by atoms with Crippen LogP contribution in [-0.4, -0.2) is 25.1 Å². The predicted molar refractivity (Wildman–Crippen MR) is 54.9 cm³/mol. The molecule has 0 aliphatic heterocycles. The van der Waals surface area contributed by atoms with Crippen molar-refractivity contribution in [2.24, 2.45) is 0 Å². The summed E-state index contributed by atoms with van der Waals surface area (Å²) in [6, 6.07) is 1.89.